The van der Waals surface area contributed by atoms with Crippen LogP contribution < -0.4 is 10.5 Å². The number of pyridine rings is 1. The summed E-state index contributed by atoms with van der Waals surface area (Å²) in [4.78, 5) is 44.0. The molecule has 9 nitrogen and oxygen atoms in total. The standard InChI is InChI=1S/C25H19Cl2F4N5O2.C2HF3O2/c26-18-11-20-23(37)33-13-16(36(20)22(18)27)9-14-1-3-19(28)17(10-14)24(38)35-7-5-34(6-8-35)21-4-2-15(12-32-21)25(29,30)31;3-2(4,5)1(6)7/h1-4,10-13H,5-9H2,(H,33,37);(H,6,7). The van der Waals surface area contributed by atoms with Crippen molar-refractivity contribution in [3.8, 4) is 0 Å². The number of alkyl halides is 6. The van der Waals surface area contributed by atoms with E-state index in [-0.39, 0.29) is 46.3 Å². The lowest BCUT2D eigenvalue weighted by atomic mass is 10.0. The van der Waals surface area contributed by atoms with E-state index in [1.54, 1.807) is 4.90 Å². The van der Waals surface area contributed by atoms with E-state index in [4.69, 9.17) is 33.1 Å². The van der Waals surface area contributed by atoms with E-state index >= 15 is 0 Å². The first-order valence-corrected chi connectivity index (χ1v) is 13.5. The molecule has 0 unspecified atom stereocenters. The number of H-pyrrole nitrogens is 1. The van der Waals surface area contributed by atoms with Gasteiger partial charge >= 0.3 is 18.3 Å². The summed E-state index contributed by atoms with van der Waals surface area (Å²) in [7, 11) is 0. The van der Waals surface area contributed by atoms with Gasteiger partial charge in [0.25, 0.3) is 11.5 Å². The number of aromatic nitrogens is 3. The first kappa shape index (κ1) is 33.6. The van der Waals surface area contributed by atoms with Crippen molar-refractivity contribution in [3.05, 3.63) is 97.5 Å². The van der Waals surface area contributed by atoms with Crippen LogP contribution in [0.1, 0.15) is 27.2 Å². The summed E-state index contributed by atoms with van der Waals surface area (Å²) in [5.74, 6) is -3.57. The van der Waals surface area contributed by atoms with Gasteiger partial charge in [-0.1, -0.05) is 29.3 Å². The van der Waals surface area contributed by atoms with Gasteiger partial charge in [-0.05, 0) is 35.9 Å². The van der Waals surface area contributed by atoms with Gasteiger partial charge in [-0.2, -0.15) is 26.3 Å². The van der Waals surface area contributed by atoms with Crippen LogP contribution in [0, 0.1) is 5.82 Å². The van der Waals surface area contributed by atoms with Crippen LogP contribution in [0.5, 0.6) is 0 Å². The van der Waals surface area contributed by atoms with E-state index in [0.29, 0.717) is 30.2 Å². The smallest absolute Gasteiger partial charge is 0.475 e. The number of aliphatic carboxylic acids is 1. The molecule has 45 heavy (non-hydrogen) atoms. The SMILES string of the molecule is O=C(O)C(F)(F)F.O=C(c1cc(Cc2c[nH]c(=O)c3cc(Cl)c(Cl)n23)ccc1F)N1CCN(c2ccc(C(F)(F)F)cn2)CC1. The second-order valence-electron chi connectivity index (χ2n) is 9.59. The Kier molecular flexibility index (Phi) is 9.68. The number of carboxylic acid groups (broad SMARTS) is 1. The van der Waals surface area contributed by atoms with Crippen LogP contribution in [0.25, 0.3) is 5.52 Å². The molecule has 1 aliphatic heterocycles. The number of halogens is 9. The van der Waals surface area contributed by atoms with Crippen molar-refractivity contribution < 1.29 is 45.4 Å². The maximum atomic E-state index is 14.7. The Hall–Kier alpha value is -4.31. The molecule has 5 rings (SSSR count). The van der Waals surface area contributed by atoms with E-state index in [0.717, 1.165) is 12.3 Å². The summed E-state index contributed by atoms with van der Waals surface area (Å²) >= 11 is 12.4. The number of nitrogens with zero attached hydrogens (tertiary/aromatic N) is 4. The van der Waals surface area contributed by atoms with Crippen molar-refractivity contribution in [2.24, 2.45) is 0 Å². The monoisotopic (exact) mass is 681 g/mol. The number of anilines is 1. The molecule has 1 aromatic carbocycles. The first-order chi connectivity index (χ1) is 21.0. The number of hydrogen-bond acceptors (Lipinski definition) is 5. The molecule has 0 aliphatic carbocycles. The molecule has 4 aromatic rings. The molecule has 0 atom stereocenters. The van der Waals surface area contributed by atoms with Crippen LogP contribution in [0.3, 0.4) is 0 Å². The normalized spacial score (nSPS) is 13.9. The van der Waals surface area contributed by atoms with E-state index in [1.165, 1.54) is 45.8 Å². The molecule has 240 valence electrons. The minimum Gasteiger partial charge on any atom is -0.475 e. The molecule has 1 amide bonds. The largest absolute Gasteiger partial charge is 0.490 e. The molecule has 18 heteroatoms. The molecule has 0 spiro atoms. The van der Waals surface area contributed by atoms with Gasteiger partial charge in [0, 0.05) is 50.7 Å². The van der Waals surface area contributed by atoms with Crippen molar-refractivity contribution in [1.29, 1.82) is 0 Å². The molecule has 2 N–H and O–H groups in total. The average molecular weight is 682 g/mol. The average Bonchev–Trinajstić information content (AvgIpc) is 3.29. The third-order valence-corrected chi connectivity index (χ3v) is 7.40. The van der Waals surface area contributed by atoms with Gasteiger partial charge in [0.1, 0.15) is 22.3 Å². The topological polar surface area (TPSA) is 111 Å². The molecule has 1 aliphatic rings. The number of fused-ring (bicyclic) bond motifs is 1. The van der Waals surface area contributed by atoms with Gasteiger partial charge in [0.15, 0.2) is 0 Å². The lowest BCUT2D eigenvalue weighted by molar-refractivity contribution is -0.192. The first-order valence-electron chi connectivity index (χ1n) is 12.7. The van der Waals surface area contributed by atoms with Crippen molar-refractivity contribution in [1.82, 2.24) is 19.3 Å². The van der Waals surface area contributed by atoms with Gasteiger partial charge in [0.2, 0.25) is 0 Å². The third-order valence-electron chi connectivity index (χ3n) is 6.64. The number of nitrogens with one attached hydrogen (secondary N) is 1. The highest BCUT2D eigenvalue weighted by Gasteiger charge is 2.38. The Morgan fingerprint density at radius 1 is 0.978 bits per heavy atom. The molecular formula is C27H20Cl2F7N5O4. The Morgan fingerprint density at radius 3 is 2.18 bits per heavy atom. The summed E-state index contributed by atoms with van der Waals surface area (Å²) in [5, 5.41) is 7.51. The number of carbonyl (C=O) groups is 2. The van der Waals surface area contributed by atoms with Crippen LogP contribution in [0.15, 0.2) is 53.6 Å². The Balaban J connectivity index is 0.000000591. The zero-order chi connectivity index (χ0) is 33.3. The van der Waals surface area contributed by atoms with Crippen LogP contribution in [-0.2, 0) is 17.4 Å². The highest BCUT2D eigenvalue weighted by atomic mass is 35.5. The van der Waals surface area contributed by atoms with Crippen LogP contribution in [0.2, 0.25) is 10.2 Å². The number of carbonyl (C=O) groups excluding carboxylic acids is 1. The predicted octanol–water partition coefficient (Wildman–Crippen LogP) is 5.67. The highest BCUT2D eigenvalue weighted by molar-refractivity contribution is 6.42. The second kappa shape index (κ2) is 13.0. The molecule has 0 saturated carbocycles. The summed E-state index contributed by atoms with van der Waals surface area (Å²) in [6.45, 7) is 1.13. The number of hydrogen-bond donors (Lipinski definition) is 2. The summed E-state index contributed by atoms with van der Waals surface area (Å²) < 4.78 is 86.3. The van der Waals surface area contributed by atoms with Gasteiger partial charge in [0.05, 0.1) is 16.1 Å². The maximum Gasteiger partial charge on any atom is 0.490 e. The molecule has 1 fully saturated rings. The summed E-state index contributed by atoms with van der Waals surface area (Å²) in [5.41, 5.74) is 0.131. The number of amides is 1. The zero-order valence-electron chi connectivity index (χ0n) is 22.5. The van der Waals surface area contributed by atoms with Gasteiger partial charge in [-0.3, -0.25) is 14.0 Å². The number of aromatic amines is 1. The van der Waals surface area contributed by atoms with Crippen molar-refractivity contribution >= 4 is 46.4 Å². The molecule has 0 radical (unpaired) electrons. The Bertz CT molecular complexity index is 1780. The summed E-state index contributed by atoms with van der Waals surface area (Å²) in [6.07, 6.45) is -7.07. The second-order valence-corrected chi connectivity index (χ2v) is 10.4. The predicted molar refractivity (Wildman–Crippen MR) is 148 cm³/mol. The molecule has 1 saturated heterocycles. The third kappa shape index (κ3) is 7.68. The number of rotatable bonds is 4. The number of piperazine rings is 1. The fraction of sp³-hybridized carbons (Fsp3) is 0.259. The minimum atomic E-state index is -5.08. The van der Waals surface area contributed by atoms with Crippen molar-refractivity contribution in [2.45, 2.75) is 18.8 Å². The zero-order valence-corrected chi connectivity index (χ0v) is 24.0. The summed E-state index contributed by atoms with van der Waals surface area (Å²) in [6, 6.07) is 7.91. The van der Waals surface area contributed by atoms with Crippen LogP contribution >= 0.6 is 23.2 Å². The molecular weight excluding hydrogens is 662 g/mol. The van der Waals surface area contributed by atoms with E-state index in [9.17, 15) is 40.3 Å². The Labute approximate surface area is 258 Å². The minimum absolute atomic E-state index is 0.110. The van der Waals surface area contributed by atoms with E-state index < -0.39 is 35.6 Å². The maximum absolute atomic E-state index is 14.7. The Morgan fingerprint density at radius 2 is 1.62 bits per heavy atom. The number of benzene rings is 1. The lowest BCUT2D eigenvalue weighted by Gasteiger charge is -2.35. The molecule has 4 heterocycles. The quantitative estimate of drug-likeness (QED) is 0.269. The van der Waals surface area contributed by atoms with Gasteiger partial charge in [-0.25, -0.2) is 14.2 Å². The van der Waals surface area contributed by atoms with Gasteiger partial charge in [-0.15, -0.1) is 0 Å². The van der Waals surface area contributed by atoms with Crippen molar-refractivity contribution in [3.63, 3.8) is 0 Å². The van der Waals surface area contributed by atoms with Crippen LogP contribution in [-0.4, -0.2) is 68.6 Å². The fourth-order valence-corrected chi connectivity index (χ4v) is 4.87. The van der Waals surface area contributed by atoms with E-state index in [1.807, 2.05) is 0 Å². The highest BCUT2D eigenvalue weighted by Crippen LogP contribution is 2.30. The molecule has 0 bridgehead atoms. The van der Waals surface area contributed by atoms with Crippen LogP contribution in [0.4, 0.5) is 36.6 Å². The lowest BCUT2D eigenvalue weighted by Crippen LogP contribution is -2.49. The number of carboxylic acids is 1. The fourth-order valence-electron chi connectivity index (χ4n) is 4.43. The molecule has 3 aromatic heterocycles. The van der Waals surface area contributed by atoms with Gasteiger partial charge < -0.3 is 19.9 Å². The van der Waals surface area contributed by atoms with Crippen molar-refractivity contribution in [2.75, 3.05) is 31.1 Å². The van der Waals surface area contributed by atoms with E-state index in [2.05, 4.69) is 9.97 Å².